The lowest BCUT2D eigenvalue weighted by atomic mass is 10.2. The van der Waals surface area contributed by atoms with Crippen LogP contribution in [0.15, 0.2) is 33.5 Å². The third kappa shape index (κ3) is 3.90. The summed E-state index contributed by atoms with van der Waals surface area (Å²) >= 11 is 17.0. The standard InChI is InChI=1S/C13H13BrCl2N4OS/c1-20(11-7(14)6-17-13(18-11)22-2)19-12(21)10-8(15)4-3-5-9(10)16/h3-6,13,18H,1-2H3,(H,19,21). The van der Waals surface area contributed by atoms with Crippen LogP contribution in [0.4, 0.5) is 0 Å². The van der Waals surface area contributed by atoms with Crippen LogP contribution in [-0.4, -0.2) is 35.9 Å². The average molecular weight is 424 g/mol. The summed E-state index contributed by atoms with van der Waals surface area (Å²) in [4.78, 5) is 16.6. The highest BCUT2D eigenvalue weighted by Gasteiger charge is 2.21. The number of hydrogen-bond donors (Lipinski definition) is 2. The molecule has 0 radical (unpaired) electrons. The third-order valence-corrected chi connectivity index (χ3v) is 4.72. The topological polar surface area (TPSA) is 56.7 Å². The molecule has 1 aliphatic rings. The first kappa shape index (κ1) is 17.5. The summed E-state index contributed by atoms with van der Waals surface area (Å²) in [7, 11) is 1.71. The molecule has 1 unspecified atom stereocenters. The molecule has 1 amide bonds. The molecule has 0 saturated carbocycles. The number of amides is 1. The fourth-order valence-corrected chi connectivity index (χ4v) is 3.25. The van der Waals surface area contributed by atoms with Crippen LogP contribution in [0.3, 0.4) is 0 Å². The molecule has 0 bridgehead atoms. The van der Waals surface area contributed by atoms with E-state index in [9.17, 15) is 4.79 Å². The van der Waals surface area contributed by atoms with Gasteiger partial charge in [0.15, 0.2) is 5.50 Å². The number of carbonyl (C=O) groups excluding carboxylic acids is 1. The first-order chi connectivity index (χ1) is 10.4. The summed E-state index contributed by atoms with van der Waals surface area (Å²) in [5.74, 6) is 0.293. The van der Waals surface area contributed by atoms with E-state index in [1.165, 1.54) is 0 Å². The summed E-state index contributed by atoms with van der Waals surface area (Å²) in [5.41, 5.74) is 2.85. The number of benzene rings is 1. The average Bonchev–Trinajstić information content (AvgIpc) is 2.47. The van der Waals surface area contributed by atoms with Crippen molar-refractivity contribution in [3.05, 3.63) is 44.1 Å². The summed E-state index contributed by atoms with van der Waals surface area (Å²) in [6.07, 6.45) is 3.63. The summed E-state index contributed by atoms with van der Waals surface area (Å²) in [5, 5.41) is 5.33. The predicted octanol–water partition coefficient (Wildman–Crippen LogP) is 3.45. The summed E-state index contributed by atoms with van der Waals surface area (Å²) in [6.45, 7) is 0. The monoisotopic (exact) mass is 422 g/mol. The summed E-state index contributed by atoms with van der Waals surface area (Å²) in [6, 6.07) is 4.92. The Morgan fingerprint density at radius 3 is 2.68 bits per heavy atom. The first-order valence-corrected chi connectivity index (χ1v) is 8.98. The van der Waals surface area contributed by atoms with Crippen molar-refractivity contribution in [2.75, 3.05) is 13.3 Å². The Morgan fingerprint density at radius 2 is 2.09 bits per heavy atom. The molecule has 9 heteroatoms. The molecule has 1 aromatic rings. The zero-order valence-corrected chi connectivity index (χ0v) is 15.6. The molecule has 2 N–H and O–H groups in total. The van der Waals surface area contributed by atoms with Gasteiger partial charge in [-0.3, -0.25) is 20.2 Å². The van der Waals surface area contributed by atoms with Crippen LogP contribution in [0.25, 0.3) is 0 Å². The molecule has 0 saturated heterocycles. The van der Waals surface area contributed by atoms with Crippen LogP contribution in [0.2, 0.25) is 10.0 Å². The number of nitrogens with one attached hydrogen (secondary N) is 2. The van der Waals surface area contributed by atoms with Crippen molar-refractivity contribution in [2.45, 2.75) is 5.50 Å². The molecule has 1 heterocycles. The van der Waals surface area contributed by atoms with Crippen molar-refractivity contribution in [1.82, 2.24) is 15.8 Å². The van der Waals surface area contributed by atoms with Gasteiger partial charge in [-0.1, -0.05) is 29.3 Å². The Bertz CT molecular complexity index is 633. The lowest BCUT2D eigenvalue weighted by Gasteiger charge is -2.29. The molecule has 1 atom stereocenters. The van der Waals surface area contributed by atoms with Crippen molar-refractivity contribution in [3.8, 4) is 0 Å². The van der Waals surface area contributed by atoms with Crippen LogP contribution in [0, 0.1) is 0 Å². The molecular formula is C13H13BrCl2N4OS. The van der Waals surface area contributed by atoms with Gasteiger partial charge in [0.1, 0.15) is 5.82 Å². The van der Waals surface area contributed by atoms with Gasteiger partial charge in [0.25, 0.3) is 5.91 Å². The molecule has 1 aromatic carbocycles. The highest BCUT2D eigenvalue weighted by atomic mass is 79.9. The van der Waals surface area contributed by atoms with Crippen molar-refractivity contribution in [1.29, 1.82) is 0 Å². The van der Waals surface area contributed by atoms with Gasteiger partial charge in [-0.15, -0.1) is 11.8 Å². The first-order valence-electron chi connectivity index (χ1n) is 6.15. The number of hydrogen-bond acceptors (Lipinski definition) is 5. The number of hydrazine groups is 1. The fraction of sp³-hybridized carbons (Fsp3) is 0.231. The highest BCUT2D eigenvalue weighted by molar-refractivity contribution is 9.12. The van der Waals surface area contributed by atoms with E-state index in [1.54, 1.807) is 48.2 Å². The van der Waals surface area contributed by atoms with E-state index in [2.05, 4.69) is 31.7 Å². The van der Waals surface area contributed by atoms with Crippen molar-refractivity contribution >= 4 is 63.0 Å². The third-order valence-electron chi connectivity index (χ3n) is 2.83. The minimum absolute atomic E-state index is 0.112. The molecule has 0 spiro atoms. The van der Waals surface area contributed by atoms with Crippen LogP contribution in [-0.2, 0) is 0 Å². The van der Waals surface area contributed by atoms with E-state index >= 15 is 0 Å². The second-order valence-electron chi connectivity index (χ2n) is 4.30. The molecule has 22 heavy (non-hydrogen) atoms. The minimum atomic E-state index is -0.393. The number of halogens is 3. The van der Waals surface area contributed by atoms with E-state index in [1.807, 2.05) is 6.26 Å². The van der Waals surface area contributed by atoms with Gasteiger partial charge in [0.05, 0.1) is 20.1 Å². The molecule has 2 rings (SSSR count). The molecule has 118 valence electrons. The quantitative estimate of drug-likeness (QED) is 0.728. The molecule has 0 fully saturated rings. The van der Waals surface area contributed by atoms with Gasteiger partial charge < -0.3 is 5.32 Å². The second kappa shape index (κ2) is 7.59. The van der Waals surface area contributed by atoms with Crippen LogP contribution >= 0.6 is 50.9 Å². The van der Waals surface area contributed by atoms with Crippen molar-refractivity contribution in [3.63, 3.8) is 0 Å². The Labute approximate surface area is 151 Å². The zero-order chi connectivity index (χ0) is 16.3. The van der Waals surface area contributed by atoms with Gasteiger partial charge in [0.2, 0.25) is 0 Å². The normalized spacial score (nSPS) is 17.2. The maximum atomic E-state index is 12.4. The Hall–Kier alpha value is -0.890. The predicted molar refractivity (Wildman–Crippen MR) is 96.6 cm³/mol. The minimum Gasteiger partial charge on any atom is -0.339 e. The summed E-state index contributed by atoms with van der Waals surface area (Å²) < 4.78 is 0.728. The largest absolute Gasteiger partial charge is 0.339 e. The number of nitrogens with zero attached hydrogens (tertiary/aromatic N) is 2. The molecule has 0 aliphatic carbocycles. The van der Waals surface area contributed by atoms with Crippen LogP contribution < -0.4 is 10.7 Å². The Morgan fingerprint density at radius 1 is 1.45 bits per heavy atom. The van der Waals surface area contributed by atoms with Gasteiger partial charge in [-0.25, -0.2) is 0 Å². The highest BCUT2D eigenvalue weighted by Crippen LogP contribution is 2.24. The lowest BCUT2D eigenvalue weighted by molar-refractivity contribution is 0.0855. The number of rotatable bonds is 4. The Balaban J connectivity index is 2.17. The number of carbonyl (C=O) groups is 1. The maximum Gasteiger partial charge on any atom is 0.272 e. The van der Waals surface area contributed by atoms with Gasteiger partial charge in [0, 0.05) is 13.3 Å². The van der Waals surface area contributed by atoms with Crippen molar-refractivity contribution < 1.29 is 4.79 Å². The smallest absolute Gasteiger partial charge is 0.272 e. The van der Waals surface area contributed by atoms with Crippen molar-refractivity contribution in [2.24, 2.45) is 4.99 Å². The zero-order valence-electron chi connectivity index (χ0n) is 11.7. The molecule has 5 nitrogen and oxygen atoms in total. The number of allylic oxidation sites excluding steroid dienone is 1. The molecular weight excluding hydrogens is 411 g/mol. The fourth-order valence-electron chi connectivity index (χ4n) is 1.77. The van der Waals surface area contributed by atoms with Crippen LogP contribution in [0.5, 0.6) is 0 Å². The van der Waals surface area contributed by atoms with Gasteiger partial charge >= 0.3 is 0 Å². The van der Waals surface area contributed by atoms with E-state index in [0.29, 0.717) is 15.9 Å². The number of thioether (sulfide) groups is 1. The lowest BCUT2D eigenvalue weighted by Crippen LogP contribution is -2.46. The van der Waals surface area contributed by atoms with E-state index in [4.69, 9.17) is 23.2 Å². The maximum absolute atomic E-state index is 12.4. The van der Waals surface area contributed by atoms with Gasteiger partial charge in [-0.05, 0) is 34.3 Å². The van der Waals surface area contributed by atoms with E-state index in [0.717, 1.165) is 4.48 Å². The van der Waals surface area contributed by atoms with Crippen LogP contribution in [0.1, 0.15) is 10.4 Å². The van der Waals surface area contributed by atoms with Gasteiger partial charge in [-0.2, -0.15) is 0 Å². The Kier molecular flexibility index (Phi) is 6.02. The van der Waals surface area contributed by atoms with E-state index in [-0.39, 0.29) is 11.1 Å². The number of aliphatic imine (C=N–C) groups is 1. The molecule has 1 aliphatic heterocycles. The molecule has 0 aromatic heterocycles. The second-order valence-corrected chi connectivity index (χ2v) is 6.89. The SMILES string of the molecule is CSC1N=CC(Br)=C(N(C)NC(=O)c2c(Cl)cccc2Cl)N1. The van der Waals surface area contributed by atoms with E-state index < -0.39 is 5.91 Å².